The molecule has 2 nitrogen and oxygen atoms in total. The Morgan fingerprint density at radius 2 is 1.10 bits per heavy atom. The molecule has 0 radical (unpaired) electrons. The molecule has 0 N–H and O–H groups in total. The molecule has 9 aromatic rings. The molecule has 0 aliphatic heterocycles. The lowest BCUT2D eigenvalue weighted by Crippen LogP contribution is -2.12. The average molecular weight is 669 g/mol. The highest BCUT2D eigenvalue weighted by Gasteiger charge is 2.25. The first kappa shape index (κ1) is 30.7. The molecule has 0 saturated heterocycles. The van der Waals surface area contributed by atoms with Gasteiger partial charge >= 0.3 is 0 Å². The van der Waals surface area contributed by atoms with Gasteiger partial charge < -0.3 is 9.47 Å². The van der Waals surface area contributed by atoms with Crippen LogP contribution in [0.4, 0.5) is 17.1 Å². The quantitative estimate of drug-likeness (QED) is 0.171. The van der Waals surface area contributed by atoms with E-state index in [1.165, 1.54) is 104 Å². The highest BCUT2D eigenvalue weighted by molar-refractivity contribution is 6.17. The Morgan fingerprint density at radius 3 is 1.98 bits per heavy atom. The van der Waals surface area contributed by atoms with Gasteiger partial charge in [0.1, 0.15) is 0 Å². The van der Waals surface area contributed by atoms with Crippen LogP contribution in [-0.2, 0) is 0 Å². The topological polar surface area (TPSA) is 8.17 Å². The number of aromatic nitrogens is 1. The molecule has 2 heteroatoms. The van der Waals surface area contributed by atoms with Crippen LogP contribution in [0.2, 0.25) is 0 Å². The van der Waals surface area contributed by atoms with E-state index in [1.54, 1.807) is 0 Å². The van der Waals surface area contributed by atoms with Gasteiger partial charge in [-0.3, -0.25) is 0 Å². The normalized spacial score (nSPS) is 13.7. The predicted molar refractivity (Wildman–Crippen MR) is 222 cm³/mol. The highest BCUT2D eigenvalue weighted by atomic mass is 15.2. The Kier molecular flexibility index (Phi) is 7.61. The lowest BCUT2D eigenvalue weighted by atomic mass is 9.80. The summed E-state index contributed by atoms with van der Waals surface area (Å²) in [7, 11) is 0. The van der Waals surface area contributed by atoms with Crippen molar-refractivity contribution in [3.05, 3.63) is 181 Å². The summed E-state index contributed by atoms with van der Waals surface area (Å²) in [6, 6.07) is 65.0. The summed E-state index contributed by atoms with van der Waals surface area (Å²) >= 11 is 0. The Labute approximate surface area is 305 Å². The number of para-hydroxylation sites is 3. The van der Waals surface area contributed by atoms with Crippen molar-refractivity contribution in [2.75, 3.05) is 4.90 Å². The maximum Gasteiger partial charge on any atom is 0.0562 e. The van der Waals surface area contributed by atoms with Gasteiger partial charge in [-0.25, -0.2) is 0 Å². The Balaban J connectivity index is 1.28. The highest BCUT2D eigenvalue weighted by Crippen LogP contribution is 2.49. The molecular weight excluding hydrogens is 629 g/mol. The van der Waals surface area contributed by atoms with Crippen LogP contribution in [0.25, 0.3) is 60.2 Å². The van der Waals surface area contributed by atoms with Crippen LogP contribution in [0.1, 0.15) is 43.6 Å². The summed E-state index contributed by atoms with van der Waals surface area (Å²) in [6.07, 6.45) is 6.52. The molecule has 1 saturated carbocycles. The van der Waals surface area contributed by atoms with Gasteiger partial charge in [0.05, 0.1) is 22.4 Å². The largest absolute Gasteiger partial charge is 0.309 e. The van der Waals surface area contributed by atoms with E-state index in [4.69, 9.17) is 0 Å². The van der Waals surface area contributed by atoms with Gasteiger partial charge in [0.15, 0.2) is 0 Å². The van der Waals surface area contributed by atoms with Crippen molar-refractivity contribution < 1.29 is 0 Å². The van der Waals surface area contributed by atoms with Crippen LogP contribution in [0.3, 0.4) is 0 Å². The SMILES string of the molecule is c1ccc(-n2c3ccccc3c3c(N(c4ccc5ccccc5c4)c4ccccc4-c4cccc5cccc(C6CCCCC6)c45)cccc32)cc1. The zero-order valence-corrected chi connectivity index (χ0v) is 29.3. The second-order valence-electron chi connectivity index (χ2n) is 14.3. The fraction of sp³-hybridized carbons (Fsp3) is 0.120. The maximum absolute atomic E-state index is 2.52. The molecule has 0 spiro atoms. The zero-order valence-electron chi connectivity index (χ0n) is 29.3. The van der Waals surface area contributed by atoms with Crippen LogP contribution in [-0.4, -0.2) is 4.57 Å². The van der Waals surface area contributed by atoms with E-state index in [0.717, 1.165) is 11.4 Å². The first-order valence-corrected chi connectivity index (χ1v) is 18.8. The average Bonchev–Trinajstić information content (AvgIpc) is 3.56. The lowest BCUT2D eigenvalue weighted by Gasteiger charge is -2.30. The number of hydrogen-bond donors (Lipinski definition) is 0. The minimum absolute atomic E-state index is 0.597. The molecule has 52 heavy (non-hydrogen) atoms. The smallest absolute Gasteiger partial charge is 0.0562 e. The van der Waals surface area contributed by atoms with Crippen molar-refractivity contribution in [3.63, 3.8) is 0 Å². The van der Waals surface area contributed by atoms with Gasteiger partial charge in [-0.1, -0.05) is 147 Å². The van der Waals surface area contributed by atoms with Crippen molar-refractivity contribution in [2.24, 2.45) is 0 Å². The molecule has 250 valence electrons. The summed E-state index contributed by atoms with van der Waals surface area (Å²) in [6.45, 7) is 0. The van der Waals surface area contributed by atoms with E-state index in [-0.39, 0.29) is 0 Å². The molecule has 0 bridgehead atoms. The van der Waals surface area contributed by atoms with Crippen molar-refractivity contribution in [3.8, 4) is 16.8 Å². The maximum atomic E-state index is 2.52. The van der Waals surface area contributed by atoms with Gasteiger partial charge in [-0.05, 0) is 100.0 Å². The predicted octanol–water partition coefficient (Wildman–Crippen LogP) is 14.3. The first-order valence-electron chi connectivity index (χ1n) is 18.8. The second-order valence-corrected chi connectivity index (χ2v) is 14.3. The molecule has 1 aromatic heterocycles. The van der Waals surface area contributed by atoms with E-state index in [2.05, 4.69) is 185 Å². The van der Waals surface area contributed by atoms with Crippen LogP contribution in [0.5, 0.6) is 0 Å². The van der Waals surface area contributed by atoms with Gasteiger partial charge in [0.25, 0.3) is 0 Å². The number of benzene rings is 8. The number of fused-ring (bicyclic) bond motifs is 5. The number of anilines is 3. The molecule has 1 aliphatic carbocycles. The summed E-state index contributed by atoms with van der Waals surface area (Å²) in [4.78, 5) is 2.52. The molecule has 10 rings (SSSR count). The lowest BCUT2D eigenvalue weighted by molar-refractivity contribution is 0.445. The van der Waals surface area contributed by atoms with Crippen molar-refractivity contribution >= 4 is 60.4 Å². The van der Waals surface area contributed by atoms with E-state index < -0.39 is 0 Å². The summed E-state index contributed by atoms with van der Waals surface area (Å²) in [5.41, 5.74) is 11.1. The third-order valence-electron chi connectivity index (χ3n) is 11.3. The summed E-state index contributed by atoms with van der Waals surface area (Å²) in [5.74, 6) is 0.597. The van der Waals surface area contributed by atoms with E-state index >= 15 is 0 Å². The third kappa shape index (κ3) is 5.09. The number of rotatable bonds is 6. The Bertz CT molecular complexity index is 2730. The molecule has 8 aromatic carbocycles. The van der Waals surface area contributed by atoms with Crippen LogP contribution in [0, 0.1) is 0 Å². The standard InChI is InChI=1S/C50H40N2/c1-3-17-36(18-4-1)41-26-13-20-37-21-14-27-43(49(37)41)42-24-9-11-28-45(42)52(40-33-32-35-16-7-8-19-38(35)34-40)48-31-15-30-47-50(48)44-25-10-12-29-46(44)51(47)39-22-5-2-6-23-39/h2,5-16,19-34,36H,1,3-4,17-18H2. The molecule has 1 heterocycles. The minimum atomic E-state index is 0.597. The summed E-state index contributed by atoms with van der Waals surface area (Å²) < 4.78 is 2.42. The molecule has 1 fully saturated rings. The number of hydrogen-bond acceptors (Lipinski definition) is 1. The fourth-order valence-corrected chi connectivity index (χ4v) is 9.01. The van der Waals surface area contributed by atoms with Crippen molar-refractivity contribution in [1.29, 1.82) is 0 Å². The van der Waals surface area contributed by atoms with Crippen molar-refractivity contribution in [1.82, 2.24) is 4.57 Å². The van der Waals surface area contributed by atoms with Gasteiger partial charge in [0.2, 0.25) is 0 Å². The molecule has 0 amide bonds. The van der Waals surface area contributed by atoms with Crippen LogP contribution in [0.15, 0.2) is 176 Å². The van der Waals surface area contributed by atoms with Gasteiger partial charge in [0, 0.05) is 27.7 Å². The molecule has 1 aliphatic rings. The van der Waals surface area contributed by atoms with Crippen LogP contribution >= 0.6 is 0 Å². The molecular formula is C50H40N2. The van der Waals surface area contributed by atoms with Gasteiger partial charge in [-0.15, -0.1) is 0 Å². The third-order valence-corrected chi connectivity index (χ3v) is 11.3. The number of nitrogens with zero attached hydrogens (tertiary/aromatic N) is 2. The zero-order chi connectivity index (χ0) is 34.4. The fourth-order valence-electron chi connectivity index (χ4n) is 9.01. The first-order chi connectivity index (χ1) is 25.8. The molecule has 0 atom stereocenters. The van der Waals surface area contributed by atoms with Crippen LogP contribution < -0.4 is 4.90 Å². The van der Waals surface area contributed by atoms with E-state index in [0.29, 0.717) is 5.92 Å². The van der Waals surface area contributed by atoms with Crippen molar-refractivity contribution in [2.45, 2.75) is 38.0 Å². The van der Waals surface area contributed by atoms with E-state index in [1.807, 2.05) is 0 Å². The summed E-state index contributed by atoms with van der Waals surface area (Å²) in [5, 5.41) is 7.67. The Morgan fingerprint density at radius 1 is 0.442 bits per heavy atom. The van der Waals surface area contributed by atoms with E-state index in [9.17, 15) is 0 Å². The molecule has 0 unspecified atom stereocenters. The van der Waals surface area contributed by atoms with Gasteiger partial charge in [-0.2, -0.15) is 0 Å². The minimum Gasteiger partial charge on any atom is -0.309 e. The second kappa shape index (κ2) is 12.9. The Hall–Kier alpha value is -6.12. The monoisotopic (exact) mass is 668 g/mol.